The molecule has 1 unspecified atom stereocenters. The molecule has 6 aliphatic rings. The van der Waals surface area contributed by atoms with E-state index >= 15 is 0 Å². The molecule has 324 valence electrons. The van der Waals surface area contributed by atoms with Crippen molar-refractivity contribution in [3.05, 3.63) is 88.0 Å². The number of halogens is 12. The fourth-order valence-electron chi connectivity index (χ4n) is 8.10. The third kappa shape index (κ3) is 6.81. The smallest absolute Gasteiger partial charge is 0.283 e. The molecule has 3 aromatic carbocycles. The maximum absolute atomic E-state index is 14.0. The van der Waals surface area contributed by atoms with Gasteiger partial charge in [-0.1, -0.05) is 0 Å². The minimum absolute atomic E-state index is 0.156. The predicted octanol–water partition coefficient (Wildman–Crippen LogP) is 5.22. The molecule has 9 atom stereocenters. The number of rotatable bonds is 6. The zero-order chi connectivity index (χ0) is 44.0. The van der Waals surface area contributed by atoms with Crippen LogP contribution < -0.4 is 34.4 Å². The first kappa shape index (κ1) is 42.2. The summed E-state index contributed by atoms with van der Waals surface area (Å²) in [4.78, 5) is 10.8. The van der Waals surface area contributed by atoms with Crippen LogP contribution in [0, 0.1) is 52.7 Å². The van der Waals surface area contributed by atoms with Crippen molar-refractivity contribution in [2.45, 2.75) is 73.5 Å². The number of nitrogen functional groups attached to an aromatic ring is 3. The molecule has 3 aliphatic carbocycles. The zero-order valence-corrected chi connectivity index (χ0v) is 30.3. The number of hydrogen-bond acceptors (Lipinski definition) is 12. The van der Waals surface area contributed by atoms with Crippen LogP contribution in [0.2, 0.25) is 0 Å². The monoisotopic (exact) mass is 867 g/mol. The molecule has 24 heteroatoms. The van der Waals surface area contributed by atoms with Gasteiger partial charge in [0.15, 0.2) is 51.5 Å². The van der Waals surface area contributed by atoms with E-state index in [4.69, 9.17) is 48.6 Å². The van der Waals surface area contributed by atoms with Crippen LogP contribution in [-0.2, 0) is 30.8 Å². The van der Waals surface area contributed by atoms with Gasteiger partial charge in [-0.15, -0.1) is 0 Å². The molecule has 0 bridgehead atoms. The number of nitrogens with two attached hydrogens (primary N) is 6. The predicted molar refractivity (Wildman–Crippen MR) is 189 cm³/mol. The lowest BCUT2D eigenvalue weighted by Crippen LogP contribution is -2.43. The van der Waals surface area contributed by atoms with Crippen LogP contribution in [0.15, 0.2) is 51.4 Å². The molecule has 3 fully saturated rings. The number of ether oxygens (including phenoxy) is 3. The van der Waals surface area contributed by atoms with E-state index in [9.17, 15) is 52.7 Å². The van der Waals surface area contributed by atoms with Gasteiger partial charge in [-0.25, -0.2) is 67.7 Å². The van der Waals surface area contributed by atoms with Crippen molar-refractivity contribution in [2.75, 3.05) is 17.2 Å². The Morgan fingerprint density at radius 3 is 0.883 bits per heavy atom. The van der Waals surface area contributed by atoms with E-state index < -0.39 is 142 Å². The van der Waals surface area contributed by atoms with Crippen molar-refractivity contribution in [2.24, 2.45) is 49.9 Å². The molecule has 0 radical (unpaired) electrons. The molecule has 0 spiro atoms. The maximum atomic E-state index is 14.0. The third-order valence-corrected chi connectivity index (χ3v) is 11.0. The van der Waals surface area contributed by atoms with Crippen LogP contribution in [-0.4, -0.2) is 55.7 Å². The maximum Gasteiger partial charge on any atom is 0.283 e. The Morgan fingerprint density at radius 2 is 0.667 bits per heavy atom. The SMILES string of the molecule is NC1=N[C@@](c2cc(N)cc(F)c2F)(C(F)F)[C@H]2CC2O1.NC1=N[C@@](c2cc(N)cc(F)c2F)(C(F)F)[C@H]2C[C@H]2O1.NC1=N[C@](c2cc(N)cc(F)c2F)(C(F)F)[C@@H]2C[C@@H]2O1. The Labute approximate surface area is 330 Å². The Bertz CT molecular complexity index is 2070. The number of amidine groups is 3. The highest BCUT2D eigenvalue weighted by Crippen LogP contribution is 2.59. The van der Waals surface area contributed by atoms with E-state index in [1.807, 2.05) is 0 Å². The van der Waals surface area contributed by atoms with Crippen LogP contribution in [0.4, 0.5) is 69.7 Å². The average Bonchev–Trinajstić information content (AvgIpc) is 4.04. The Hall–Kier alpha value is -5.97. The van der Waals surface area contributed by atoms with Crippen LogP contribution in [0.25, 0.3) is 0 Å². The first-order valence-corrected chi connectivity index (χ1v) is 17.7. The topological polar surface area (TPSA) is 221 Å². The van der Waals surface area contributed by atoms with Gasteiger partial charge in [-0.3, -0.25) is 0 Å². The van der Waals surface area contributed by atoms with E-state index in [1.165, 1.54) is 0 Å². The van der Waals surface area contributed by atoms with Gasteiger partial charge in [0, 0.05) is 51.5 Å². The van der Waals surface area contributed by atoms with E-state index in [0.29, 0.717) is 0 Å². The summed E-state index contributed by atoms with van der Waals surface area (Å²) in [5.41, 5.74) is 23.5. The summed E-state index contributed by atoms with van der Waals surface area (Å²) in [6.45, 7) is 0. The minimum atomic E-state index is -3.06. The number of fused-ring (bicyclic) bond motifs is 3. The number of alkyl halides is 6. The highest BCUT2D eigenvalue weighted by atomic mass is 19.3. The molecule has 3 aliphatic heterocycles. The van der Waals surface area contributed by atoms with Gasteiger partial charge < -0.3 is 48.6 Å². The van der Waals surface area contributed by atoms with Crippen molar-refractivity contribution in [1.82, 2.24) is 0 Å². The van der Waals surface area contributed by atoms with Gasteiger partial charge in [0.25, 0.3) is 37.3 Å². The molecule has 60 heavy (non-hydrogen) atoms. The molecular formula is C36H33F12N9O3. The molecule has 0 saturated heterocycles. The number of nitrogens with zero attached hydrogens (tertiary/aromatic N) is 3. The highest BCUT2D eigenvalue weighted by Gasteiger charge is 2.67. The second-order valence-electron chi connectivity index (χ2n) is 14.8. The average molecular weight is 868 g/mol. The minimum Gasteiger partial charge on any atom is -0.462 e. The first-order chi connectivity index (χ1) is 28.1. The number of benzene rings is 3. The Morgan fingerprint density at radius 1 is 0.433 bits per heavy atom. The van der Waals surface area contributed by atoms with Crippen molar-refractivity contribution >= 4 is 35.1 Å². The largest absolute Gasteiger partial charge is 0.462 e. The molecule has 12 N–H and O–H groups in total. The van der Waals surface area contributed by atoms with E-state index in [1.54, 1.807) is 0 Å². The lowest BCUT2D eigenvalue weighted by Gasteiger charge is -2.33. The standard InChI is InChI=1S/3C12H11F4N3O/c3*13-7-2-4(17)1-6(9(7)14)12(10(15)16)5-3-8(5)20-11(18)19-12/h3*1-2,5,8,10H,3,17H2,(H2,18,19)/t5-,8?,12-;2*5-,8+,12-/m010/s1. The lowest BCUT2D eigenvalue weighted by molar-refractivity contribution is 0.0173. The summed E-state index contributed by atoms with van der Waals surface area (Å²) in [6, 6.07) is 3.76. The van der Waals surface area contributed by atoms with Gasteiger partial charge in [0.2, 0.25) is 0 Å². The molecule has 3 heterocycles. The molecule has 0 amide bonds. The second-order valence-corrected chi connectivity index (χ2v) is 14.8. The van der Waals surface area contributed by atoms with E-state index in [-0.39, 0.29) is 36.3 Å². The van der Waals surface area contributed by atoms with Crippen LogP contribution in [0.3, 0.4) is 0 Å². The van der Waals surface area contributed by atoms with Crippen molar-refractivity contribution in [3.63, 3.8) is 0 Å². The second kappa shape index (κ2) is 14.6. The van der Waals surface area contributed by atoms with Crippen molar-refractivity contribution in [3.8, 4) is 0 Å². The number of aliphatic imine (C=N–C) groups is 3. The number of anilines is 3. The van der Waals surface area contributed by atoms with E-state index in [2.05, 4.69) is 15.0 Å². The summed E-state index contributed by atoms with van der Waals surface area (Å²) < 4.78 is 179. The Balaban J connectivity index is 0.000000136. The van der Waals surface area contributed by atoms with Crippen molar-refractivity contribution in [1.29, 1.82) is 0 Å². The van der Waals surface area contributed by atoms with Gasteiger partial charge in [-0.2, -0.15) is 0 Å². The van der Waals surface area contributed by atoms with Crippen LogP contribution >= 0.6 is 0 Å². The fourth-order valence-corrected chi connectivity index (χ4v) is 8.10. The Kier molecular flexibility index (Phi) is 10.3. The summed E-state index contributed by atoms with van der Waals surface area (Å²) in [5.74, 6) is -10.3. The van der Waals surface area contributed by atoms with Gasteiger partial charge >= 0.3 is 0 Å². The zero-order valence-electron chi connectivity index (χ0n) is 30.3. The lowest BCUT2D eigenvalue weighted by atomic mass is 9.84. The number of hydrogen-bond donors (Lipinski definition) is 6. The summed E-state index contributed by atoms with van der Waals surface area (Å²) in [6.07, 6.45) is -10.1. The third-order valence-electron chi connectivity index (χ3n) is 11.0. The first-order valence-electron chi connectivity index (χ1n) is 17.7. The molecular weight excluding hydrogens is 834 g/mol. The highest BCUT2D eigenvalue weighted by molar-refractivity contribution is 5.75. The summed E-state index contributed by atoms with van der Waals surface area (Å²) in [5, 5.41) is 0. The summed E-state index contributed by atoms with van der Waals surface area (Å²) in [7, 11) is 0. The molecule has 12 nitrogen and oxygen atoms in total. The fraction of sp³-hybridized carbons (Fsp3) is 0.417. The molecule has 3 aromatic rings. The normalized spacial score (nSPS) is 31.6. The van der Waals surface area contributed by atoms with Gasteiger partial charge in [-0.05, 0) is 55.7 Å². The van der Waals surface area contributed by atoms with Gasteiger partial charge in [0.1, 0.15) is 18.3 Å². The van der Waals surface area contributed by atoms with E-state index in [0.717, 1.165) is 36.4 Å². The van der Waals surface area contributed by atoms with Crippen LogP contribution in [0.1, 0.15) is 36.0 Å². The van der Waals surface area contributed by atoms with Gasteiger partial charge in [0.05, 0.1) is 0 Å². The quantitative estimate of drug-likeness (QED) is 0.141. The molecule has 3 saturated carbocycles. The summed E-state index contributed by atoms with van der Waals surface area (Å²) >= 11 is 0. The van der Waals surface area contributed by atoms with Crippen molar-refractivity contribution < 1.29 is 66.9 Å². The molecule has 0 aromatic heterocycles. The van der Waals surface area contributed by atoms with Crippen LogP contribution in [0.5, 0.6) is 0 Å². The molecule has 9 rings (SSSR count).